The van der Waals surface area contributed by atoms with Crippen LogP contribution in [0.3, 0.4) is 0 Å². The Labute approximate surface area is 205 Å². The molecule has 4 rings (SSSR count). The van der Waals surface area contributed by atoms with Crippen LogP contribution in [0.5, 0.6) is 5.75 Å². The Bertz CT molecular complexity index is 1420. The van der Waals surface area contributed by atoms with Crippen LogP contribution >= 0.6 is 0 Å². The first-order valence-corrected chi connectivity index (χ1v) is 13.5. The highest BCUT2D eigenvalue weighted by Crippen LogP contribution is 2.33. The van der Waals surface area contributed by atoms with Gasteiger partial charge in [0, 0.05) is 16.5 Å². The second-order valence-electron chi connectivity index (χ2n) is 9.34. The first-order valence-electron chi connectivity index (χ1n) is 12.0. The lowest BCUT2D eigenvalue weighted by Crippen LogP contribution is -2.47. The molecule has 2 aromatic carbocycles. The molecular weight excluding hydrogens is 466 g/mol. The van der Waals surface area contributed by atoms with Crippen molar-refractivity contribution < 1.29 is 22.4 Å². The first-order chi connectivity index (χ1) is 16.6. The highest BCUT2D eigenvalue weighted by Gasteiger charge is 2.32. The summed E-state index contributed by atoms with van der Waals surface area (Å²) in [5, 5.41) is 0.857. The number of ether oxygens (including phenoxy) is 1. The molecule has 2 atom stereocenters. The quantitative estimate of drug-likeness (QED) is 0.291. The van der Waals surface area contributed by atoms with Gasteiger partial charge in [-0.1, -0.05) is 38.0 Å². The highest BCUT2D eigenvalue weighted by atomic mass is 32.2. The van der Waals surface area contributed by atoms with Crippen LogP contribution in [-0.2, 0) is 27.7 Å². The zero-order chi connectivity index (χ0) is 25.3. The predicted octanol–water partition coefficient (Wildman–Crippen LogP) is 4.59. The minimum atomic E-state index is -3.94. The van der Waals surface area contributed by atoms with Crippen LogP contribution in [0.25, 0.3) is 11.0 Å². The molecule has 0 spiro atoms. The van der Waals surface area contributed by atoms with E-state index in [1.54, 1.807) is 32.0 Å². The number of esters is 1. The SMILES string of the molecule is CC[C@@H](C)[C@@H](NS(=O)(=O)c1ccc(C)cc1)C(=O)Oc1ccc2c3c(c(=O)oc2c1C)CCCC3. The highest BCUT2D eigenvalue weighted by molar-refractivity contribution is 7.89. The van der Waals surface area contributed by atoms with Crippen LogP contribution in [0.1, 0.15) is 55.4 Å². The largest absolute Gasteiger partial charge is 0.425 e. The summed E-state index contributed by atoms with van der Waals surface area (Å²) in [4.78, 5) is 25.9. The maximum atomic E-state index is 13.2. The van der Waals surface area contributed by atoms with Gasteiger partial charge in [-0.25, -0.2) is 18.0 Å². The number of nitrogens with one attached hydrogen (secondary N) is 1. The van der Waals surface area contributed by atoms with Crippen molar-refractivity contribution in [1.29, 1.82) is 0 Å². The smallest absolute Gasteiger partial charge is 0.339 e. The summed E-state index contributed by atoms with van der Waals surface area (Å²) in [5.74, 6) is -0.782. The Morgan fingerprint density at radius 2 is 1.71 bits per heavy atom. The maximum Gasteiger partial charge on any atom is 0.339 e. The summed E-state index contributed by atoms with van der Waals surface area (Å²) >= 11 is 0. The average Bonchev–Trinajstić information content (AvgIpc) is 2.84. The van der Waals surface area contributed by atoms with Gasteiger partial charge in [0.15, 0.2) is 0 Å². The summed E-state index contributed by atoms with van der Waals surface area (Å²) in [6, 6.07) is 8.84. The van der Waals surface area contributed by atoms with E-state index in [9.17, 15) is 18.0 Å². The van der Waals surface area contributed by atoms with Gasteiger partial charge in [0.2, 0.25) is 10.0 Å². The number of aryl methyl sites for hydroxylation is 3. The zero-order valence-electron chi connectivity index (χ0n) is 20.5. The third-order valence-corrected chi connectivity index (χ3v) is 8.34. The van der Waals surface area contributed by atoms with Crippen molar-refractivity contribution in [1.82, 2.24) is 4.72 Å². The Morgan fingerprint density at radius 3 is 2.37 bits per heavy atom. The number of rotatable bonds is 7. The van der Waals surface area contributed by atoms with E-state index >= 15 is 0 Å². The fraction of sp³-hybridized carbons (Fsp3) is 0.407. The number of benzene rings is 2. The van der Waals surface area contributed by atoms with Gasteiger partial charge in [-0.2, -0.15) is 4.72 Å². The predicted molar refractivity (Wildman–Crippen MR) is 134 cm³/mol. The third kappa shape index (κ3) is 5.04. The molecule has 0 saturated carbocycles. The van der Waals surface area contributed by atoms with Crippen molar-refractivity contribution in [3.8, 4) is 5.75 Å². The van der Waals surface area contributed by atoms with Crippen molar-refractivity contribution in [3.63, 3.8) is 0 Å². The fourth-order valence-corrected chi connectivity index (χ4v) is 5.79. The van der Waals surface area contributed by atoms with Gasteiger partial charge in [0.25, 0.3) is 0 Å². The molecule has 0 aliphatic heterocycles. The Hall–Kier alpha value is -2.97. The maximum absolute atomic E-state index is 13.2. The lowest BCUT2D eigenvalue weighted by Gasteiger charge is -2.23. The molecule has 186 valence electrons. The van der Waals surface area contributed by atoms with Crippen LogP contribution in [0.4, 0.5) is 0 Å². The molecule has 3 aromatic rings. The molecule has 1 aliphatic carbocycles. The van der Waals surface area contributed by atoms with Gasteiger partial charge < -0.3 is 9.15 Å². The van der Waals surface area contributed by atoms with Crippen molar-refractivity contribution in [3.05, 3.63) is 69.1 Å². The molecule has 35 heavy (non-hydrogen) atoms. The third-order valence-electron chi connectivity index (χ3n) is 6.88. The van der Waals surface area contributed by atoms with Crippen LogP contribution in [0.15, 0.2) is 50.5 Å². The molecule has 1 aromatic heterocycles. The average molecular weight is 498 g/mol. The fourth-order valence-electron chi connectivity index (χ4n) is 4.49. The van der Waals surface area contributed by atoms with Crippen LogP contribution in [-0.4, -0.2) is 20.4 Å². The Kier molecular flexibility index (Phi) is 7.15. The van der Waals surface area contributed by atoms with E-state index in [0.29, 0.717) is 24.0 Å². The summed E-state index contributed by atoms with van der Waals surface area (Å²) in [7, 11) is -3.94. The lowest BCUT2D eigenvalue weighted by molar-refractivity contribution is -0.137. The number of carbonyl (C=O) groups excluding carboxylic acids is 1. The molecule has 0 saturated heterocycles. The monoisotopic (exact) mass is 497 g/mol. The number of fused-ring (bicyclic) bond motifs is 3. The second-order valence-corrected chi connectivity index (χ2v) is 11.1. The van der Waals surface area contributed by atoms with Gasteiger partial charge in [0.1, 0.15) is 17.4 Å². The van der Waals surface area contributed by atoms with Gasteiger partial charge in [-0.15, -0.1) is 0 Å². The number of carbonyl (C=O) groups is 1. The van der Waals surface area contributed by atoms with Crippen molar-refractivity contribution in [2.45, 2.75) is 70.7 Å². The van der Waals surface area contributed by atoms with Crippen LogP contribution < -0.4 is 15.1 Å². The van der Waals surface area contributed by atoms with Crippen molar-refractivity contribution in [2.24, 2.45) is 5.92 Å². The van der Waals surface area contributed by atoms with E-state index in [-0.39, 0.29) is 22.2 Å². The molecule has 7 nitrogen and oxygen atoms in total. The standard InChI is InChI=1S/C27H31NO6S/c1-5-17(3)24(28-35(31,32)19-12-10-16(2)11-13-19)27(30)33-23-15-14-21-20-8-6-7-9-22(20)26(29)34-25(21)18(23)4/h10-15,17,24,28H,5-9H2,1-4H3/t17-,24-/m1/s1. The van der Waals surface area contributed by atoms with Gasteiger partial charge in [0.05, 0.1) is 4.90 Å². The molecule has 0 amide bonds. The molecule has 0 radical (unpaired) electrons. The number of hydrogen-bond donors (Lipinski definition) is 1. The van der Waals surface area contributed by atoms with Crippen LogP contribution in [0, 0.1) is 19.8 Å². The van der Waals surface area contributed by atoms with Crippen molar-refractivity contribution >= 4 is 27.0 Å². The first kappa shape index (κ1) is 25.1. The minimum Gasteiger partial charge on any atom is -0.425 e. The van der Waals surface area contributed by atoms with E-state index in [1.807, 2.05) is 19.9 Å². The summed E-state index contributed by atoms with van der Waals surface area (Å²) in [6.45, 7) is 7.27. The molecule has 1 aliphatic rings. The molecule has 0 bridgehead atoms. The second kappa shape index (κ2) is 9.95. The molecular formula is C27H31NO6S. The van der Waals surface area contributed by atoms with E-state index in [1.165, 1.54) is 12.1 Å². The number of sulfonamides is 1. The van der Waals surface area contributed by atoms with Crippen LogP contribution in [0.2, 0.25) is 0 Å². The zero-order valence-corrected chi connectivity index (χ0v) is 21.3. The lowest BCUT2D eigenvalue weighted by atomic mass is 9.90. The molecule has 0 unspecified atom stereocenters. The van der Waals surface area contributed by atoms with Gasteiger partial charge >= 0.3 is 11.6 Å². The van der Waals surface area contributed by atoms with E-state index in [4.69, 9.17) is 9.15 Å². The van der Waals surface area contributed by atoms with E-state index in [0.717, 1.165) is 41.3 Å². The number of hydrogen-bond acceptors (Lipinski definition) is 6. The summed E-state index contributed by atoms with van der Waals surface area (Å²) in [6.07, 6.45) is 4.06. The molecule has 1 N–H and O–H groups in total. The van der Waals surface area contributed by atoms with Gasteiger partial charge in [-0.3, -0.25) is 0 Å². The normalized spacial score (nSPS) is 15.4. The van der Waals surface area contributed by atoms with E-state index in [2.05, 4.69) is 4.72 Å². The summed E-state index contributed by atoms with van der Waals surface area (Å²) in [5.41, 5.74) is 3.26. The topological polar surface area (TPSA) is 103 Å². The molecule has 8 heteroatoms. The molecule has 1 heterocycles. The Balaban J connectivity index is 1.65. The Morgan fingerprint density at radius 1 is 1.06 bits per heavy atom. The summed E-state index contributed by atoms with van der Waals surface area (Å²) < 4.78 is 39.8. The minimum absolute atomic E-state index is 0.0811. The van der Waals surface area contributed by atoms with Gasteiger partial charge in [-0.05, 0) is 75.3 Å². The van der Waals surface area contributed by atoms with Crippen molar-refractivity contribution in [2.75, 3.05) is 0 Å². The molecule has 0 fully saturated rings. The van der Waals surface area contributed by atoms with E-state index < -0.39 is 22.0 Å².